The monoisotopic (exact) mass is 246 g/mol. The number of furan rings is 1. The molecule has 1 N–H and O–H groups in total. The van der Waals surface area contributed by atoms with Crippen molar-refractivity contribution in [2.45, 2.75) is 6.92 Å². The quantitative estimate of drug-likeness (QED) is 0.668. The molecule has 0 spiro atoms. The molecule has 4 nitrogen and oxygen atoms in total. The van der Waals surface area contributed by atoms with Crippen LogP contribution in [-0.2, 0) is 4.79 Å². The Morgan fingerprint density at radius 3 is 2.83 bits per heavy atom. The minimum Gasteiger partial charge on any atom is -0.455 e. The maximum atomic E-state index is 13.5. The molecule has 1 aromatic carbocycles. The van der Waals surface area contributed by atoms with E-state index in [0.29, 0.717) is 17.1 Å². The van der Waals surface area contributed by atoms with Crippen molar-refractivity contribution in [1.29, 1.82) is 0 Å². The molecule has 0 aliphatic heterocycles. The van der Waals surface area contributed by atoms with Crippen LogP contribution in [0.4, 0.5) is 4.39 Å². The average Bonchev–Trinajstić information content (AvgIpc) is 2.78. The fourth-order valence-corrected chi connectivity index (χ4v) is 1.41. The molecular formula is C13H11FN2O2. The highest BCUT2D eigenvalue weighted by Gasteiger charge is 2.07. The van der Waals surface area contributed by atoms with E-state index in [9.17, 15) is 9.18 Å². The molecule has 0 saturated carbocycles. The molecule has 1 aromatic heterocycles. The van der Waals surface area contributed by atoms with Crippen molar-refractivity contribution in [3.05, 3.63) is 48.0 Å². The molecule has 0 fully saturated rings. The molecule has 0 radical (unpaired) electrons. The number of hydrogen-bond donors (Lipinski definition) is 1. The van der Waals surface area contributed by atoms with Gasteiger partial charge >= 0.3 is 0 Å². The van der Waals surface area contributed by atoms with Gasteiger partial charge in [0.2, 0.25) is 5.91 Å². The highest BCUT2D eigenvalue weighted by atomic mass is 19.1. The first kappa shape index (κ1) is 12.0. The Balaban J connectivity index is 2.18. The average molecular weight is 246 g/mol. The number of carbonyl (C=O) groups excluding carboxylic acids is 1. The zero-order valence-electron chi connectivity index (χ0n) is 9.68. The van der Waals surface area contributed by atoms with Crippen molar-refractivity contribution in [2.24, 2.45) is 5.10 Å². The van der Waals surface area contributed by atoms with Gasteiger partial charge in [-0.3, -0.25) is 4.79 Å². The van der Waals surface area contributed by atoms with Gasteiger partial charge < -0.3 is 4.42 Å². The Kier molecular flexibility index (Phi) is 3.52. The first-order chi connectivity index (χ1) is 8.66. The normalized spacial score (nSPS) is 10.8. The lowest BCUT2D eigenvalue weighted by Crippen LogP contribution is -2.12. The highest BCUT2D eigenvalue weighted by molar-refractivity contribution is 5.80. The largest absolute Gasteiger partial charge is 0.455 e. The molecule has 5 heteroatoms. The van der Waals surface area contributed by atoms with Gasteiger partial charge in [0.05, 0.1) is 11.8 Å². The molecule has 0 saturated heterocycles. The van der Waals surface area contributed by atoms with Crippen LogP contribution in [0.5, 0.6) is 0 Å². The number of nitrogens with one attached hydrogen (secondary N) is 1. The lowest BCUT2D eigenvalue weighted by Gasteiger charge is -1.97. The van der Waals surface area contributed by atoms with Crippen LogP contribution >= 0.6 is 0 Å². The summed E-state index contributed by atoms with van der Waals surface area (Å²) in [4.78, 5) is 10.6. The van der Waals surface area contributed by atoms with Crippen molar-refractivity contribution >= 4 is 12.1 Å². The molecule has 18 heavy (non-hydrogen) atoms. The summed E-state index contributed by atoms with van der Waals surface area (Å²) in [6.07, 6.45) is 1.35. The number of benzene rings is 1. The second kappa shape index (κ2) is 5.27. The van der Waals surface area contributed by atoms with E-state index in [-0.39, 0.29) is 11.7 Å². The van der Waals surface area contributed by atoms with Crippen LogP contribution < -0.4 is 5.43 Å². The number of carbonyl (C=O) groups is 1. The second-order valence-corrected chi connectivity index (χ2v) is 3.61. The van der Waals surface area contributed by atoms with E-state index in [1.807, 2.05) is 0 Å². The molecule has 0 bridgehead atoms. The zero-order chi connectivity index (χ0) is 13.0. The molecule has 1 amide bonds. The zero-order valence-corrected chi connectivity index (χ0v) is 9.68. The topological polar surface area (TPSA) is 54.6 Å². The molecule has 92 valence electrons. The summed E-state index contributed by atoms with van der Waals surface area (Å²) < 4.78 is 18.9. The number of hydrogen-bond acceptors (Lipinski definition) is 3. The molecule has 0 atom stereocenters. The van der Waals surface area contributed by atoms with E-state index >= 15 is 0 Å². The predicted octanol–water partition coefficient (Wildman–Crippen LogP) is 2.56. The summed E-state index contributed by atoms with van der Waals surface area (Å²) in [6, 6.07) is 9.62. The third-order valence-electron chi connectivity index (χ3n) is 2.18. The van der Waals surface area contributed by atoms with Crippen LogP contribution in [0.1, 0.15) is 12.7 Å². The van der Waals surface area contributed by atoms with Gasteiger partial charge in [-0.05, 0) is 24.3 Å². The molecule has 1 heterocycles. The summed E-state index contributed by atoms with van der Waals surface area (Å²) in [5.41, 5.74) is 2.64. The second-order valence-electron chi connectivity index (χ2n) is 3.61. The van der Waals surface area contributed by atoms with Crippen molar-refractivity contribution < 1.29 is 13.6 Å². The minimum absolute atomic E-state index is 0.271. The SMILES string of the molecule is CC(=O)N/N=C\c1ccc(-c2ccccc2F)o1. The van der Waals surface area contributed by atoms with Gasteiger partial charge in [-0.2, -0.15) is 5.10 Å². The maximum absolute atomic E-state index is 13.5. The van der Waals surface area contributed by atoms with E-state index < -0.39 is 0 Å². The van der Waals surface area contributed by atoms with Crippen molar-refractivity contribution in [3.8, 4) is 11.3 Å². The van der Waals surface area contributed by atoms with E-state index in [4.69, 9.17) is 4.42 Å². The first-order valence-corrected chi connectivity index (χ1v) is 5.31. The van der Waals surface area contributed by atoms with Gasteiger partial charge in [0, 0.05) is 6.92 Å². The Hall–Kier alpha value is -2.43. The van der Waals surface area contributed by atoms with Crippen LogP contribution in [0, 0.1) is 5.82 Å². The fourth-order valence-electron chi connectivity index (χ4n) is 1.41. The summed E-state index contributed by atoms with van der Waals surface area (Å²) in [5.74, 6) is 0.226. The third-order valence-corrected chi connectivity index (χ3v) is 2.18. The first-order valence-electron chi connectivity index (χ1n) is 5.31. The van der Waals surface area contributed by atoms with Gasteiger partial charge in [-0.15, -0.1) is 0 Å². The van der Waals surface area contributed by atoms with E-state index in [1.165, 1.54) is 19.2 Å². The molecule has 2 rings (SSSR count). The smallest absolute Gasteiger partial charge is 0.236 e. The molecule has 2 aromatic rings. The molecular weight excluding hydrogens is 235 g/mol. The van der Waals surface area contributed by atoms with Crippen LogP contribution in [0.2, 0.25) is 0 Å². The Bertz CT molecular complexity index is 590. The Morgan fingerprint density at radius 1 is 1.33 bits per heavy atom. The van der Waals surface area contributed by atoms with Gasteiger partial charge in [-0.1, -0.05) is 12.1 Å². The van der Waals surface area contributed by atoms with Gasteiger partial charge in [0.1, 0.15) is 17.3 Å². The summed E-state index contributed by atoms with van der Waals surface area (Å²) >= 11 is 0. The fraction of sp³-hybridized carbons (Fsp3) is 0.0769. The van der Waals surface area contributed by atoms with Crippen molar-refractivity contribution in [1.82, 2.24) is 5.43 Å². The van der Waals surface area contributed by atoms with Crippen LogP contribution in [0.3, 0.4) is 0 Å². The lowest BCUT2D eigenvalue weighted by molar-refractivity contribution is -0.118. The number of hydrazone groups is 1. The lowest BCUT2D eigenvalue weighted by atomic mass is 10.1. The van der Waals surface area contributed by atoms with Crippen molar-refractivity contribution in [3.63, 3.8) is 0 Å². The maximum Gasteiger partial charge on any atom is 0.236 e. The van der Waals surface area contributed by atoms with Crippen LogP contribution in [0.15, 0.2) is 45.9 Å². The third kappa shape index (κ3) is 2.82. The van der Waals surface area contributed by atoms with Crippen molar-refractivity contribution in [2.75, 3.05) is 0 Å². The number of amides is 1. The standard InChI is InChI=1S/C13H11FN2O2/c1-9(17)16-15-8-10-6-7-13(18-10)11-4-2-3-5-12(11)14/h2-8H,1H3,(H,16,17)/b15-8-. The number of nitrogens with zero attached hydrogens (tertiary/aromatic N) is 1. The van der Waals surface area contributed by atoms with Gasteiger partial charge in [-0.25, -0.2) is 9.82 Å². The molecule has 0 aliphatic carbocycles. The molecule has 0 unspecified atom stereocenters. The van der Waals surface area contributed by atoms with Gasteiger partial charge in [0.15, 0.2) is 0 Å². The molecule has 0 aliphatic rings. The minimum atomic E-state index is -0.350. The van der Waals surface area contributed by atoms with Gasteiger partial charge in [0.25, 0.3) is 0 Å². The van der Waals surface area contributed by atoms with Crippen LogP contribution in [0.25, 0.3) is 11.3 Å². The van der Waals surface area contributed by atoms with E-state index in [1.54, 1.807) is 30.3 Å². The summed E-state index contributed by atoms with van der Waals surface area (Å²) in [5, 5.41) is 3.66. The Labute approximate surface area is 103 Å². The summed E-state index contributed by atoms with van der Waals surface area (Å²) in [6.45, 7) is 1.35. The van der Waals surface area contributed by atoms with E-state index in [0.717, 1.165) is 0 Å². The number of halogens is 1. The summed E-state index contributed by atoms with van der Waals surface area (Å²) in [7, 11) is 0. The van der Waals surface area contributed by atoms with Crippen LogP contribution in [-0.4, -0.2) is 12.1 Å². The highest BCUT2D eigenvalue weighted by Crippen LogP contribution is 2.23. The Morgan fingerprint density at radius 2 is 2.11 bits per heavy atom. The van der Waals surface area contributed by atoms with E-state index in [2.05, 4.69) is 10.5 Å². The predicted molar refractivity (Wildman–Crippen MR) is 65.5 cm³/mol. The number of rotatable bonds is 3.